The summed E-state index contributed by atoms with van der Waals surface area (Å²) in [7, 11) is 0. The van der Waals surface area contributed by atoms with Crippen molar-refractivity contribution in [3.05, 3.63) is 48.0 Å². The fourth-order valence-corrected chi connectivity index (χ4v) is 5.24. The molecule has 1 N–H and O–H groups in total. The Bertz CT molecular complexity index is 1330. The van der Waals surface area contributed by atoms with Crippen LogP contribution in [0.1, 0.15) is 51.0 Å². The van der Waals surface area contributed by atoms with E-state index in [4.69, 9.17) is 14.2 Å². The van der Waals surface area contributed by atoms with Gasteiger partial charge < -0.3 is 18.8 Å². The van der Waals surface area contributed by atoms with Crippen LogP contribution in [0.2, 0.25) is 0 Å². The number of nitrogens with zero attached hydrogens (tertiary/aromatic N) is 2. The van der Waals surface area contributed by atoms with E-state index in [2.05, 4.69) is 22.0 Å². The second-order valence-electron chi connectivity index (χ2n) is 10.6. The van der Waals surface area contributed by atoms with Crippen molar-refractivity contribution in [3.63, 3.8) is 0 Å². The number of benzene rings is 2. The number of anilines is 1. The highest BCUT2D eigenvalue weighted by Gasteiger charge is 2.31. The number of nitrogens with one attached hydrogen (secondary N) is 1. The Morgan fingerprint density at radius 2 is 1.86 bits per heavy atom. The first kappa shape index (κ1) is 23.9. The van der Waals surface area contributed by atoms with Gasteiger partial charge in [0.15, 0.2) is 0 Å². The number of amides is 1. The summed E-state index contributed by atoms with van der Waals surface area (Å²) in [6.07, 6.45) is 6.14. The van der Waals surface area contributed by atoms with Gasteiger partial charge in [-0.05, 0) is 74.3 Å². The van der Waals surface area contributed by atoms with Crippen LogP contribution in [0.5, 0.6) is 5.75 Å². The topological polar surface area (TPSA) is 85.5 Å². The second-order valence-corrected chi connectivity index (χ2v) is 10.6. The van der Waals surface area contributed by atoms with Gasteiger partial charge in [0, 0.05) is 36.5 Å². The van der Waals surface area contributed by atoms with Gasteiger partial charge in [0.2, 0.25) is 0 Å². The molecule has 1 unspecified atom stereocenters. The number of hydrogen-bond donors (Lipinski definition) is 1. The van der Waals surface area contributed by atoms with E-state index < -0.39 is 6.09 Å². The van der Waals surface area contributed by atoms with E-state index >= 15 is 0 Å². The van der Waals surface area contributed by atoms with Crippen molar-refractivity contribution in [1.29, 1.82) is 5.26 Å². The molecule has 6 rings (SSSR count). The molecule has 1 saturated heterocycles. The Morgan fingerprint density at radius 1 is 1.11 bits per heavy atom. The summed E-state index contributed by atoms with van der Waals surface area (Å²) < 4.78 is 19.5. The number of aromatic nitrogens is 1. The predicted octanol–water partition coefficient (Wildman–Crippen LogP) is 6.49. The quantitative estimate of drug-likeness (QED) is 0.383. The summed E-state index contributed by atoms with van der Waals surface area (Å²) in [5, 5.41) is 14.0. The second kappa shape index (κ2) is 10.1. The minimum atomic E-state index is -0.426. The van der Waals surface area contributed by atoms with Gasteiger partial charge in [-0.1, -0.05) is 12.1 Å². The van der Waals surface area contributed by atoms with Crippen molar-refractivity contribution >= 4 is 22.7 Å². The lowest BCUT2D eigenvalue weighted by molar-refractivity contribution is 0.0256. The number of rotatable bonds is 8. The van der Waals surface area contributed by atoms with Crippen LogP contribution in [-0.2, 0) is 16.0 Å². The van der Waals surface area contributed by atoms with E-state index in [9.17, 15) is 10.1 Å². The van der Waals surface area contributed by atoms with Crippen LogP contribution in [0.4, 0.5) is 10.5 Å². The van der Waals surface area contributed by atoms with Gasteiger partial charge in [0.25, 0.3) is 0 Å². The average Bonchev–Trinajstić information content (AvgIpc) is 3.83. The van der Waals surface area contributed by atoms with Crippen molar-refractivity contribution in [2.75, 3.05) is 18.5 Å². The Labute approximate surface area is 217 Å². The smallest absolute Gasteiger partial charge is 0.411 e. The molecular formula is C30H33N3O4. The molecule has 0 radical (unpaired) electrons. The van der Waals surface area contributed by atoms with Crippen molar-refractivity contribution in [1.82, 2.24) is 4.57 Å². The zero-order valence-electron chi connectivity index (χ0n) is 21.2. The van der Waals surface area contributed by atoms with Gasteiger partial charge in [0.05, 0.1) is 30.0 Å². The summed E-state index contributed by atoms with van der Waals surface area (Å²) in [6.45, 7) is 4.29. The van der Waals surface area contributed by atoms with Crippen molar-refractivity contribution in [3.8, 4) is 23.1 Å². The molecule has 0 bridgehead atoms. The van der Waals surface area contributed by atoms with E-state index in [0.29, 0.717) is 23.1 Å². The van der Waals surface area contributed by atoms with Gasteiger partial charge in [-0.15, -0.1) is 0 Å². The number of carbonyl (C=O) groups is 1. The molecule has 1 aliphatic heterocycles. The highest BCUT2D eigenvalue weighted by Crippen LogP contribution is 2.40. The Balaban J connectivity index is 1.29. The third-order valence-electron chi connectivity index (χ3n) is 7.74. The lowest BCUT2D eigenvalue weighted by Gasteiger charge is -2.23. The van der Waals surface area contributed by atoms with E-state index in [0.717, 1.165) is 73.4 Å². The molecule has 37 heavy (non-hydrogen) atoms. The summed E-state index contributed by atoms with van der Waals surface area (Å²) in [6, 6.07) is 16.2. The fourth-order valence-electron chi connectivity index (χ4n) is 5.24. The Morgan fingerprint density at radius 3 is 2.54 bits per heavy atom. The largest absolute Gasteiger partial charge is 0.490 e. The first-order chi connectivity index (χ1) is 18.1. The van der Waals surface area contributed by atoms with Crippen LogP contribution in [0.15, 0.2) is 42.5 Å². The monoisotopic (exact) mass is 499 g/mol. The molecule has 7 nitrogen and oxygen atoms in total. The van der Waals surface area contributed by atoms with Crippen LogP contribution in [0, 0.1) is 23.2 Å². The lowest BCUT2D eigenvalue weighted by atomic mass is 10.1. The predicted molar refractivity (Wildman–Crippen MR) is 142 cm³/mol. The normalized spacial score (nSPS) is 18.8. The van der Waals surface area contributed by atoms with Crippen LogP contribution < -0.4 is 10.1 Å². The van der Waals surface area contributed by atoms with E-state index in [-0.39, 0.29) is 12.2 Å². The summed E-state index contributed by atoms with van der Waals surface area (Å²) in [5.41, 5.74) is 4.25. The first-order valence-corrected chi connectivity index (χ1v) is 13.5. The number of hydrogen-bond acceptors (Lipinski definition) is 5. The minimum Gasteiger partial charge on any atom is -0.490 e. The summed E-state index contributed by atoms with van der Waals surface area (Å²) >= 11 is 0. The van der Waals surface area contributed by atoms with Crippen LogP contribution >= 0.6 is 0 Å². The van der Waals surface area contributed by atoms with Gasteiger partial charge in [0.1, 0.15) is 24.0 Å². The van der Waals surface area contributed by atoms with Crippen molar-refractivity contribution in [2.45, 2.75) is 64.2 Å². The molecular weight excluding hydrogens is 466 g/mol. The van der Waals surface area contributed by atoms with E-state index in [1.807, 2.05) is 43.3 Å². The average molecular weight is 500 g/mol. The first-order valence-electron chi connectivity index (χ1n) is 13.5. The number of ether oxygens (including phenoxy) is 3. The molecule has 2 aromatic carbocycles. The molecule has 3 aromatic rings. The minimum absolute atomic E-state index is 0.0593. The van der Waals surface area contributed by atoms with Crippen LogP contribution in [-0.4, -0.2) is 36.1 Å². The van der Waals surface area contributed by atoms with Gasteiger partial charge >= 0.3 is 6.09 Å². The molecule has 3 fully saturated rings. The molecule has 2 aliphatic carbocycles. The molecule has 192 valence electrons. The molecule has 1 aromatic heterocycles. The zero-order valence-corrected chi connectivity index (χ0v) is 21.2. The maximum absolute atomic E-state index is 12.3. The van der Waals surface area contributed by atoms with E-state index in [1.54, 1.807) is 0 Å². The molecule has 1 atom stereocenters. The molecule has 2 saturated carbocycles. The molecule has 2 heterocycles. The Hall–Kier alpha value is -3.50. The SMILES string of the molecule is CC(OC(=O)Nc1ccc(-c2c(C#N)c3ccc(OC4CCOCC4)cc3n2CC2CC2)cc1)C1CC1. The summed E-state index contributed by atoms with van der Waals surface area (Å²) in [5.74, 6) is 1.96. The third-order valence-corrected chi connectivity index (χ3v) is 7.74. The standard InChI is InChI=1S/C30H33N3O4/c1-19(21-4-5-21)36-30(34)32-23-8-6-22(7-9-23)29-27(17-31)26-11-10-25(37-24-12-14-35-15-13-24)16-28(26)33(29)18-20-2-3-20/h6-11,16,19-21,24H,2-5,12-15,18H2,1H3,(H,32,34). The van der Waals surface area contributed by atoms with Crippen LogP contribution in [0.3, 0.4) is 0 Å². The number of carbonyl (C=O) groups excluding carboxylic acids is 1. The number of fused-ring (bicyclic) bond motifs is 1. The van der Waals surface area contributed by atoms with Gasteiger partial charge in [-0.3, -0.25) is 5.32 Å². The summed E-state index contributed by atoms with van der Waals surface area (Å²) in [4.78, 5) is 12.3. The lowest BCUT2D eigenvalue weighted by Crippen LogP contribution is -2.25. The molecule has 7 heteroatoms. The highest BCUT2D eigenvalue weighted by molar-refractivity contribution is 5.95. The molecule has 3 aliphatic rings. The molecule has 1 amide bonds. The fraction of sp³-hybridized carbons (Fsp3) is 0.467. The van der Waals surface area contributed by atoms with Crippen molar-refractivity contribution < 1.29 is 19.0 Å². The van der Waals surface area contributed by atoms with Crippen molar-refractivity contribution in [2.24, 2.45) is 11.8 Å². The maximum atomic E-state index is 12.3. The zero-order chi connectivity index (χ0) is 25.4. The maximum Gasteiger partial charge on any atom is 0.411 e. The van der Waals surface area contributed by atoms with Gasteiger partial charge in [-0.25, -0.2) is 4.79 Å². The molecule has 0 spiro atoms. The van der Waals surface area contributed by atoms with E-state index in [1.165, 1.54) is 12.8 Å². The Kier molecular flexibility index (Phi) is 6.52. The number of nitriles is 1. The highest BCUT2D eigenvalue weighted by atomic mass is 16.6. The van der Waals surface area contributed by atoms with Gasteiger partial charge in [-0.2, -0.15) is 5.26 Å². The third kappa shape index (κ3) is 5.30. The van der Waals surface area contributed by atoms with Crippen LogP contribution in [0.25, 0.3) is 22.2 Å².